The number of hydrogen-bond donors (Lipinski definition) is 3. The van der Waals surface area contributed by atoms with Crippen LogP contribution in [0, 0.1) is 13.8 Å². The molecule has 7 nitrogen and oxygen atoms in total. The van der Waals surface area contributed by atoms with E-state index in [1.807, 2.05) is 25.6 Å². The van der Waals surface area contributed by atoms with Crippen LogP contribution in [-0.2, 0) is 18.3 Å². The van der Waals surface area contributed by atoms with Gasteiger partial charge in [0.15, 0.2) is 0 Å². The molecule has 3 amide bonds. The summed E-state index contributed by atoms with van der Waals surface area (Å²) in [6.45, 7) is 3.95. The second-order valence-corrected chi connectivity index (χ2v) is 5.61. The largest absolute Gasteiger partial charge is 0.341 e. The number of hydrogen-bond acceptors (Lipinski definition) is 3. The molecule has 3 N–H and O–H groups in total. The Morgan fingerprint density at radius 1 is 1.17 bits per heavy atom. The average molecular weight is 329 g/mol. The molecule has 0 fully saturated rings. The molecule has 2 aromatic rings. The highest BCUT2D eigenvalue weighted by atomic mass is 16.2. The topological polar surface area (TPSA) is 88.1 Å². The van der Waals surface area contributed by atoms with Crippen LogP contribution in [0.5, 0.6) is 0 Å². The van der Waals surface area contributed by atoms with E-state index >= 15 is 0 Å². The van der Waals surface area contributed by atoms with Crippen molar-refractivity contribution in [3.05, 3.63) is 41.2 Å². The van der Waals surface area contributed by atoms with Crippen molar-refractivity contribution in [2.45, 2.75) is 26.7 Å². The lowest BCUT2D eigenvalue weighted by atomic mass is 10.1. The molecule has 0 spiro atoms. The maximum Gasteiger partial charge on any atom is 0.318 e. The molecule has 0 unspecified atom stereocenters. The summed E-state index contributed by atoms with van der Waals surface area (Å²) in [7, 11) is 3.44. The number of anilines is 2. The highest BCUT2D eigenvalue weighted by Crippen LogP contribution is 2.17. The second kappa shape index (κ2) is 7.63. The van der Waals surface area contributed by atoms with Gasteiger partial charge in [-0.1, -0.05) is 6.07 Å². The first-order valence-electron chi connectivity index (χ1n) is 7.78. The minimum Gasteiger partial charge on any atom is -0.341 e. The third-order valence-electron chi connectivity index (χ3n) is 3.89. The third kappa shape index (κ3) is 4.34. The van der Waals surface area contributed by atoms with Gasteiger partial charge in [0, 0.05) is 37.6 Å². The zero-order chi connectivity index (χ0) is 17.7. The van der Waals surface area contributed by atoms with Crippen LogP contribution in [-0.4, -0.2) is 28.8 Å². The fraction of sp³-hybridized carbons (Fsp3) is 0.353. The SMILES string of the molecule is CNC(=O)Nc1cccc(NC(=O)CCc2c(C)nn(C)c2C)c1. The molecule has 0 aliphatic rings. The van der Waals surface area contributed by atoms with E-state index < -0.39 is 0 Å². The van der Waals surface area contributed by atoms with E-state index in [-0.39, 0.29) is 11.9 Å². The van der Waals surface area contributed by atoms with Crippen LogP contribution in [0.25, 0.3) is 0 Å². The monoisotopic (exact) mass is 329 g/mol. The summed E-state index contributed by atoms with van der Waals surface area (Å²) in [5.41, 5.74) is 4.42. The fourth-order valence-corrected chi connectivity index (χ4v) is 2.51. The van der Waals surface area contributed by atoms with Crippen LogP contribution in [0.15, 0.2) is 24.3 Å². The smallest absolute Gasteiger partial charge is 0.318 e. The Balaban J connectivity index is 1.95. The zero-order valence-electron chi connectivity index (χ0n) is 14.4. The zero-order valence-corrected chi connectivity index (χ0v) is 14.4. The molecule has 0 saturated carbocycles. The molecule has 1 aromatic heterocycles. The van der Waals surface area contributed by atoms with Crippen LogP contribution >= 0.6 is 0 Å². The quantitative estimate of drug-likeness (QED) is 0.787. The predicted molar refractivity (Wildman–Crippen MR) is 94.2 cm³/mol. The minimum atomic E-state index is -0.305. The van der Waals surface area contributed by atoms with Gasteiger partial charge in [0.2, 0.25) is 5.91 Å². The standard InChI is InChI=1S/C17H23N5O2/c1-11-15(12(2)22(4)21-11)8-9-16(23)19-13-6-5-7-14(10-13)20-17(24)18-3/h5-7,10H,8-9H2,1-4H3,(H,19,23)(H2,18,20,24). The third-order valence-corrected chi connectivity index (χ3v) is 3.89. The van der Waals surface area contributed by atoms with Crippen LogP contribution < -0.4 is 16.0 Å². The maximum absolute atomic E-state index is 12.2. The Morgan fingerprint density at radius 2 is 1.83 bits per heavy atom. The lowest BCUT2D eigenvalue weighted by molar-refractivity contribution is -0.116. The second-order valence-electron chi connectivity index (χ2n) is 5.61. The molecule has 0 aliphatic carbocycles. The molecular formula is C17H23N5O2. The Hall–Kier alpha value is -2.83. The van der Waals surface area contributed by atoms with E-state index in [0.29, 0.717) is 24.2 Å². The number of nitrogens with one attached hydrogen (secondary N) is 3. The first-order valence-corrected chi connectivity index (χ1v) is 7.78. The lowest BCUT2D eigenvalue weighted by Crippen LogP contribution is -2.24. The van der Waals surface area contributed by atoms with Crippen molar-refractivity contribution in [3.8, 4) is 0 Å². The van der Waals surface area contributed by atoms with Crippen LogP contribution in [0.4, 0.5) is 16.2 Å². The molecule has 24 heavy (non-hydrogen) atoms. The summed E-state index contributed by atoms with van der Waals surface area (Å²) >= 11 is 0. The number of urea groups is 1. The van der Waals surface area contributed by atoms with Gasteiger partial charge in [-0.2, -0.15) is 5.10 Å². The van der Waals surface area contributed by atoms with Crippen LogP contribution in [0.2, 0.25) is 0 Å². The summed E-state index contributed by atoms with van der Waals surface area (Å²) in [6.07, 6.45) is 1.02. The summed E-state index contributed by atoms with van der Waals surface area (Å²) in [5, 5.41) is 12.4. The van der Waals surface area contributed by atoms with E-state index in [0.717, 1.165) is 17.0 Å². The summed E-state index contributed by atoms with van der Waals surface area (Å²) in [5.74, 6) is -0.0743. The Kier molecular flexibility index (Phi) is 5.57. The van der Waals surface area contributed by atoms with Gasteiger partial charge < -0.3 is 16.0 Å². The van der Waals surface area contributed by atoms with E-state index in [2.05, 4.69) is 21.0 Å². The normalized spacial score (nSPS) is 10.3. The van der Waals surface area contributed by atoms with Crippen LogP contribution in [0.3, 0.4) is 0 Å². The molecule has 2 rings (SSSR count). The molecule has 128 valence electrons. The number of nitrogens with zero attached hydrogens (tertiary/aromatic N) is 2. The molecule has 1 aromatic carbocycles. The number of carbonyl (C=O) groups excluding carboxylic acids is 2. The van der Waals surface area contributed by atoms with Crippen LogP contribution in [0.1, 0.15) is 23.4 Å². The summed E-state index contributed by atoms with van der Waals surface area (Å²) in [4.78, 5) is 23.5. The molecule has 1 heterocycles. The number of aryl methyl sites for hydroxylation is 2. The molecular weight excluding hydrogens is 306 g/mol. The maximum atomic E-state index is 12.2. The highest BCUT2D eigenvalue weighted by molar-refractivity contribution is 5.93. The molecule has 7 heteroatoms. The number of carbonyl (C=O) groups is 2. The van der Waals surface area contributed by atoms with Gasteiger partial charge >= 0.3 is 6.03 Å². The molecule has 0 bridgehead atoms. The van der Waals surface area contributed by atoms with Crippen molar-refractivity contribution in [2.75, 3.05) is 17.7 Å². The average Bonchev–Trinajstić information content (AvgIpc) is 2.78. The number of rotatable bonds is 5. The fourth-order valence-electron chi connectivity index (χ4n) is 2.51. The Labute approximate surface area is 141 Å². The van der Waals surface area contributed by atoms with Gasteiger partial charge in [0.05, 0.1) is 5.69 Å². The molecule has 0 aliphatic heterocycles. The van der Waals surface area contributed by atoms with Crippen molar-refractivity contribution in [2.24, 2.45) is 7.05 Å². The van der Waals surface area contributed by atoms with Gasteiger partial charge in [-0.15, -0.1) is 0 Å². The van der Waals surface area contributed by atoms with E-state index in [1.165, 1.54) is 0 Å². The van der Waals surface area contributed by atoms with Gasteiger partial charge in [-0.25, -0.2) is 4.79 Å². The minimum absolute atomic E-state index is 0.0743. The Bertz CT molecular complexity index is 751. The molecule has 0 atom stereocenters. The first-order chi connectivity index (χ1) is 11.4. The van der Waals surface area contributed by atoms with Crippen molar-refractivity contribution in [3.63, 3.8) is 0 Å². The van der Waals surface area contributed by atoms with Gasteiger partial charge in [0.1, 0.15) is 0 Å². The number of aromatic nitrogens is 2. The van der Waals surface area contributed by atoms with E-state index in [4.69, 9.17) is 0 Å². The summed E-state index contributed by atoms with van der Waals surface area (Å²) < 4.78 is 1.83. The van der Waals surface area contributed by atoms with Crippen molar-refractivity contribution in [1.82, 2.24) is 15.1 Å². The van der Waals surface area contributed by atoms with Gasteiger partial charge in [-0.3, -0.25) is 9.48 Å². The molecule has 0 radical (unpaired) electrons. The van der Waals surface area contributed by atoms with Crippen molar-refractivity contribution >= 4 is 23.3 Å². The lowest BCUT2D eigenvalue weighted by Gasteiger charge is -2.09. The highest BCUT2D eigenvalue weighted by Gasteiger charge is 2.11. The number of amides is 3. The van der Waals surface area contributed by atoms with Gasteiger partial charge in [-0.05, 0) is 44.0 Å². The number of benzene rings is 1. The summed E-state index contributed by atoms with van der Waals surface area (Å²) in [6, 6.07) is 6.73. The molecule has 0 saturated heterocycles. The van der Waals surface area contributed by atoms with E-state index in [9.17, 15) is 9.59 Å². The Morgan fingerprint density at radius 3 is 2.42 bits per heavy atom. The van der Waals surface area contributed by atoms with Crippen molar-refractivity contribution < 1.29 is 9.59 Å². The van der Waals surface area contributed by atoms with Gasteiger partial charge in [0.25, 0.3) is 0 Å². The predicted octanol–water partition coefficient (Wildman–Crippen LogP) is 2.36. The van der Waals surface area contributed by atoms with Crippen molar-refractivity contribution in [1.29, 1.82) is 0 Å². The first kappa shape index (κ1) is 17.5. The van der Waals surface area contributed by atoms with E-state index in [1.54, 1.807) is 31.3 Å².